The Morgan fingerprint density at radius 3 is 2.36 bits per heavy atom. The molecule has 1 aliphatic heterocycles. The van der Waals surface area contributed by atoms with Gasteiger partial charge < -0.3 is 9.53 Å². The maximum Gasteiger partial charge on any atom is 0.126 e. The van der Waals surface area contributed by atoms with Gasteiger partial charge >= 0.3 is 0 Å². The summed E-state index contributed by atoms with van der Waals surface area (Å²) in [6.45, 7) is 1.57. The van der Waals surface area contributed by atoms with Crippen molar-refractivity contribution < 1.29 is 9.53 Å². The Balaban J connectivity index is 2.06. The van der Waals surface area contributed by atoms with E-state index in [4.69, 9.17) is 4.74 Å². The molecule has 2 nitrogen and oxygen atoms in total. The maximum atomic E-state index is 10.9. The normalized spacial score (nSPS) is 29.8. The number of ether oxygens (including phenoxy) is 1. The summed E-state index contributed by atoms with van der Waals surface area (Å²) in [6.07, 6.45) is 5.63. The van der Waals surface area contributed by atoms with Crippen LogP contribution < -0.4 is 0 Å². The first-order chi connectivity index (χ1) is 5.37. The van der Waals surface area contributed by atoms with Crippen LogP contribution in [0.3, 0.4) is 0 Å². The molecule has 2 fully saturated rings. The van der Waals surface area contributed by atoms with Crippen molar-refractivity contribution in [2.45, 2.75) is 25.7 Å². The molecule has 2 rings (SSSR count). The molecule has 0 atom stereocenters. The predicted octanol–water partition coefficient (Wildman–Crippen LogP) is 1.39. The Kier molecular flexibility index (Phi) is 1.72. The van der Waals surface area contributed by atoms with Crippen LogP contribution in [0.25, 0.3) is 0 Å². The van der Waals surface area contributed by atoms with Crippen LogP contribution in [0.5, 0.6) is 0 Å². The van der Waals surface area contributed by atoms with Crippen LogP contribution >= 0.6 is 0 Å². The van der Waals surface area contributed by atoms with E-state index in [1.165, 1.54) is 19.1 Å². The number of carbonyl (C=O) groups excluding carboxylic acids is 1. The highest BCUT2D eigenvalue weighted by atomic mass is 16.5. The second-order valence-electron chi connectivity index (χ2n) is 3.74. The smallest absolute Gasteiger partial charge is 0.126 e. The fourth-order valence-electron chi connectivity index (χ4n) is 2.03. The molecule has 0 amide bonds. The molecular formula is C9H14O2. The van der Waals surface area contributed by atoms with Crippen molar-refractivity contribution in [2.75, 3.05) is 13.2 Å². The van der Waals surface area contributed by atoms with Crippen LogP contribution in [-0.2, 0) is 9.53 Å². The Hall–Kier alpha value is -0.370. The second kappa shape index (κ2) is 2.59. The van der Waals surface area contributed by atoms with Crippen molar-refractivity contribution in [3.63, 3.8) is 0 Å². The van der Waals surface area contributed by atoms with E-state index in [0.29, 0.717) is 5.92 Å². The molecule has 11 heavy (non-hydrogen) atoms. The molecular weight excluding hydrogens is 140 g/mol. The van der Waals surface area contributed by atoms with Gasteiger partial charge in [-0.3, -0.25) is 0 Å². The summed E-state index contributed by atoms with van der Waals surface area (Å²) in [4.78, 5) is 10.9. The monoisotopic (exact) mass is 154 g/mol. The van der Waals surface area contributed by atoms with Crippen molar-refractivity contribution in [1.29, 1.82) is 0 Å². The van der Waals surface area contributed by atoms with Crippen molar-refractivity contribution in [3.05, 3.63) is 0 Å². The van der Waals surface area contributed by atoms with Crippen molar-refractivity contribution in [1.82, 2.24) is 0 Å². The van der Waals surface area contributed by atoms with E-state index >= 15 is 0 Å². The lowest BCUT2D eigenvalue weighted by Crippen LogP contribution is -2.32. The highest BCUT2D eigenvalue weighted by Crippen LogP contribution is 2.49. The molecule has 1 saturated carbocycles. The minimum absolute atomic E-state index is 0.0260. The van der Waals surface area contributed by atoms with Gasteiger partial charge in [0.15, 0.2) is 0 Å². The molecule has 2 heteroatoms. The molecule has 0 spiro atoms. The standard InChI is InChI=1S/C9H14O2/c10-7-9(8-1-2-8)3-5-11-6-4-9/h7-8H,1-6H2. The molecule has 2 aliphatic rings. The number of rotatable bonds is 2. The summed E-state index contributed by atoms with van der Waals surface area (Å²) in [5.41, 5.74) is 0.0260. The molecule has 1 heterocycles. The van der Waals surface area contributed by atoms with Crippen molar-refractivity contribution in [2.24, 2.45) is 11.3 Å². The van der Waals surface area contributed by atoms with Crippen LogP contribution in [-0.4, -0.2) is 19.5 Å². The average molecular weight is 154 g/mol. The Bertz CT molecular complexity index is 155. The minimum atomic E-state index is 0.0260. The van der Waals surface area contributed by atoms with Crippen LogP contribution in [0, 0.1) is 11.3 Å². The first-order valence-corrected chi connectivity index (χ1v) is 4.41. The number of carbonyl (C=O) groups is 1. The highest BCUT2D eigenvalue weighted by molar-refractivity contribution is 5.61. The molecule has 1 saturated heterocycles. The number of hydrogen-bond acceptors (Lipinski definition) is 2. The van der Waals surface area contributed by atoms with Gasteiger partial charge in [0.2, 0.25) is 0 Å². The van der Waals surface area contributed by atoms with Crippen LogP contribution in [0.15, 0.2) is 0 Å². The fourth-order valence-corrected chi connectivity index (χ4v) is 2.03. The van der Waals surface area contributed by atoms with E-state index in [2.05, 4.69) is 0 Å². The topological polar surface area (TPSA) is 26.3 Å². The van der Waals surface area contributed by atoms with E-state index in [-0.39, 0.29) is 5.41 Å². The lowest BCUT2D eigenvalue weighted by Gasteiger charge is -2.31. The van der Waals surface area contributed by atoms with E-state index < -0.39 is 0 Å². The lowest BCUT2D eigenvalue weighted by atomic mass is 9.77. The SMILES string of the molecule is O=CC1(C2CC2)CCOCC1. The largest absolute Gasteiger partial charge is 0.381 e. The summed E-state index contributed by atoms with van der Waals surface area (Å²) >= 11 is 0. The Labute approximate surface area is 66.9 Å². The zero-order valence-corrected chi connectivity index (χ0v) is 6.71. The van der Waals surface area contributed by atoms with Gasteiger partial charge in [-0.05, 0) is 31.6 Å². The molecule has 0 aromatic heterocycles. The highest BCUT2D eigenvalue weighted by Gasteiger charge is 2.45. The summed E-state index contributed by atoms with van der Waals surface area (Å²) in [7, 11) is 0. The van der Waals surface area contributed by atoms with Crippen LogP contribution in [0.2, 0.25) is 0 Å². The lowest BCUT2D eigenvalue weighted by molar-refractivity contribution is -0.123. The first-order valence-electron chi connectivity index (χ1n) is 4.41. The predicted molar refractivity (Wildman–Crippen MR) is 41.3 cm³/mol. The summed E-state index contributed by atoms with van der Waals surface area (Å²) in [6, 6.07) is 0. The summed E-state index contributed by atoms with van der Waals surface area (Å²) < 4.78 is 5.25. The maximum absolute atomic E-state index is 10.9. The second-order valence-corrected chi connectivity index (χ2v) is 3.74. The van der Waals surface area contributed by atoms with E-state index in [1.54, 1.807) is 0 Å². The summed E-state index contributed by atoms with van der Waals surface area (Å²) in [5, 5.41) is 0. The zero-order valence-electron chi connectivity index (χ0n) is 6.71. The van der Waals surface area contributed by atoms with Crippen molar-refractivity contribution in [3.8, 4) is 0 Å². The van der Waals surface area contributed by atoms with Gasteiger partial charge in [-0.15, -0.1) is 0 Å². The Morgan fingerprint density at radius 2 is 1.91 bits per heavy atom. The number of aldehydes is 1. The van der Waals surface area contributed by atoms with E-state index in [9.17, 15) is 4.79 Å². The quantitative estimate of drug-likeness (QED) is 0.562. The van der Waals surface area contributed by atoms with Gasteiger partial charge in [-0.1, -0.05) is 0 Å². The van der Waals surface area contributed by atoms with E-state index in [1.807, 2.05) is 0 Å². The average Bonchev–Trinajstić information content (AvgIpc) is 2.88. The third kappa shape index (κ3) is 1.20. The van der Waals surface area contributed by atoms with Gasteiger partial charge in [0, 0.05) is 18.6 Å². The first kappa shape index (κ1) is 7.29. The van der Waals surface area contributed by atoms with Crippen LogP contribution in [0.4, 0.5) is 0 Å². The number of hydrogen-bond donors (Lipinski definition) is 0. The van der Waals surface area contributed by atoms with Gasteiger partial charge in [-0.25, -0.2) is 0 Å². The van der Waals surface area contributed by atoms with Gasteiger partial charge in [0.25, 0.3) is 0 Å². The molecule has 0 aromatic carbocycles. The molecule has 0 unspecified atom stereocenters. The molecule has 0 aromatic rings. The molecule has 1 aliphatic carbocycles. The summed E-state index contributed by atoms with van der Waals surface area (Å²) in [5.74, 6) is 0.698. The molecule has 62 valence electrons. The van der Waals surface area contributed by atoms with Gasteiger partial charge in [0.05, 0.1) is 0 Å². The fraction of sp³-hybridized carbons (Fsp3) is 0.889. The Morgan fingerprint density at radius 1 is 1.27 bits per heavy atom. The van der Waals surface area contributed by atoms with Gasteiger partial charge in [0.1, 0.15) is 6.29 Å². The minimum Gasteiger partial charge on any atom is -0.381 e. The molecule has 0 N–H and O–H groups in total. The molecule has 0 bridgehead atoms. The molecule has 0 radical (unpaired) electrons. The van der Waals surface area contributed by atoms with Crippen molar-refractivity contribution >= 4 is 6.29 Å². The van der Waals surface area contributed by atoms with Crippen LogP contribution in [0.1, 0.15) is 25.7 Å². The zero-order chi connectivity index (χ0) is 7.73. The van der Waals surface area contributed by atoms with E-state index in [0.717, 1.165) is 26.1 Å². The van der Waals surface area contributed by atoms with Gasteiger partial charge in [-0.2, -0.15) is 0 Å². The third-order valence-corrected chi connectivity index (χ3v) is 3.05. The third-order valence-electron chi connectivity index (χ3n) is 3.05.